The van der Waals surface area contributed by atoms with Crippen LogP contribution in [0.5, 0.6) is 0 Å². The maximum absolute atomic E-state index is 10.1. The van der Waals surface area contributed by atoms with E-state index >= 15 is 0 Å². The summed E-state index contributed by atoms with van der Waals surface area (Å²) in [5.74, 6) is 2.31. The Bertz CT molecular complexity index is 414. The van der Waals surface area contributed by atoms with Gasteiger partial charge in [-0.05, 0) is 69.1 Å². The molecule has 0 radical (unpaired) electrons. The molecule has 0 bridgehead atoms. The Balaban J connectivity index is 2.08. The van der Waals surface area contributed by atoms with Gasteiger partial charge in [-0.1, -0.05) is 45.1 Å². The van der Waals surface area contributed by atoms with E-state index in [9.17, 15) is 5.11 Å². The highest BCUT2D eigenvalue weighted by Crippen LogP contribution is 2.59. The molecular formula is C20H34O. The summed E-state index contributed by atoms with van der Waals surface area (Å²) in [5, 5.41) is 10.1. The van der Waals surface area contributed by atoms with Crippen molar-refractivity contribution < 1.29 is 5.11 Å². The fraction of sp³-hybridized carbons (Fsp3) is 0.800. The van der Waals surface area contributed by atoms with Gasteiger partial charge in [0.25, 0.3) is 0 Å². The molecule has 0 spiro atoms. The molecule has 1 nitrogen and oxygen atoms in total. The van der Waals surface area contributed by atoms with Gasteiger partial charge in [-0.25, -0.2) is 0 Å². The molecule has 120 valence electrons. The summed E-state index contributed by atoms with van der Waals surface area (Å²) in [6.07, 6.45) is 11.2. The summed E-state index contributed by atoms with van der Waals surface area (Å²) < 4.78 is 0. The van der Waals surface area contributed by atoms with Crippen molar-refractivity contribution in [2.24, 2.45) is 29.1 Å². The third-order valence-electron chi connectivity index (χ3n) is 6.57. The molecule has 2 aliphatic rings. The van der Waals surface area contributed by atoms with E-state index in [1.165, 1.54) is 37.7 Å². The summed E-state index contributed by atoms with van der Waals surface area (Å²) in [6.45, 7) is 15.1. The smallest absolute Gasteiger partial charge is 0.0651 e. The molecule has 1 N–H and O–H groups in total. The molecule has 0 amide bonds. The predicted molar refractivity (Wildman–Crippen MR) is 91.1 cm³/mol. The summed E-state index contributed by atoms with van der Waals surface area (Å²) >= 11 is 0. The molecule has 2 fully saturated rings. The van der Waals surface area contributed by atoms with Crippen LogP contribution in [0.4, 0.5) is 0 Å². The number of rotatable bonds is 4. The Kier molecular flexibility index (Phi) is 4.73. The number of fused-ring (bicyclic) bond motifs is 1. The van der Waals surface area contributed by atoms with Crippen molar-refractivity contribution in [3.63, 3.8) is 0 Å². The first-order chi connectivity index (χ1) is 9.66. The molecule has 5 atom stereocenters. The van der Waals surface area contributed by atoms with Crippen LogP contribution in [0.25, 0.3) is 0 Å². The highest BCUT2D eigenvalue weighted by Gasteiger charge is 2.49. The zero-order valence-electron chi connectivity index (χ0n) is 14.7. The van der Waals surface area contributed by atoms with Crippen LogP contribution in [-0.4, -0.2) is 10.7 Å². The van der Waals surface area contributed by atoms with Gasteiger partial charge in [0.15, 0.2) is 0 Å². The molecule has 0 aromatic carbocycles. The highest BCUT2D eigenvalue weighted by atomic mass is 16.3. The maximum Gasteiger partial charge on any atom is 0.0651 e. The minimum absolute atomic E-state index is 0.200. The second-order valence-corrected chi connectivity index (χ2v) is 8.44. The molecule has 1 heteroatoms. The lowest BCUT2D eigenvalue weighted by molar-refractivity contribution is 0.0436. The predicted octanol–water partition coefficient (Wildman–Crippen LogP) is 5.36. The van der Waals surface area contributed by atoms with Crippen LogP contribution in [0.1, 0.15) is 66.7 Å². The van der Waals surface area contributed by atoms with Crippen LogP contribution in [0.2, 0.25) is 0 Å². The third-order valence-corrected chi connectivity index (χ3v) is 6.57. The van der Waals surface area contributed by atoms with Gasteiger partial charge in [0.05, 0.1) is 5.60 Å². The van der Waals surface area contributed by atoms with Crippen molar-refractivity contribution in [1.82, 2.24) is 0 Å². The zero-order chi connectivity index (χ0) is 15.8. The first-order valence-electron chi connectivity index (χ1n) is 8.74. The van der Waals surface area contributed by atoms with Crippen molar-refractivity contribution in [2.75, 3.05) is 0 Å². The van der Waals surface area contributed by atoms with Gasteiger partial charge >= 0.3 is 0 Å². The van der Waals surface area contributed by atoms with Gasteiger partial charge < -0.3 is 5.11 Å². The molecule has 2 unspecified atom stereocenters. The van der Waals surface area contributed by atoms with Crippen LogP contribution in [0.3, 0.4) is 0 Å². The van der Waals surface area contributed by atoms with Crippen molar-refractivity contribution in [3.8, 4) is 0 Å². The van der Waals surface area contributed by atoms with Crippen LogP contribution < -0.4 is 0 Å². The Morgan fingerprint density at radius 2 is 1.95 bits per heavy atom. The van der Waals surface area contributed by atoms with Crippen molar-refractivity contribution in [1.29, 1.82) is 0 Å². The fourth-order valence-electron chi connectivity index (χ4n) is 4.74. The minimum Gasteiger partial charge on any atom is -0.390 e. The Morgan fingerprint density at radius 1 is 1.29 bits per heavy atom. The summed E-state index contributed by atoms with van der Waals surface area (Å²) in [5.41, 5.74) is 1.33. The number of allylic oxidation sites excluding steroid dienone is 2. The topological polar surface area (TPSA) is 20.2 Å². The Hall–Kier alpha value is -0.560. The minimum atomic E-state index is -0.628. The molecule has 2 rings (SSSR count). The molecule has 0 saturated heterocycles. The third kappa shape index (κ3) is 3.28. The van der Waals surface area contributed by atoms with E-state index in [0.29, 0.717) is 11.3 Å². The standard InChI is InChI=1S/C20H34O/c1-14-8-7-13-20(6)17(14)11-12-18(20)15(2)9-10-16(3)19(4,5)21/h9-10,15-18,21H,1,7-8,11-13H2,2-6H3/b10-9+/t15-,16+,17?,18?,20+/m1/s1. The van der Waals surface area contributed by atoms with Gasteiger partial charge in [-0.15, -0.1) is 0 Å². The van der Waals surface area contributed by atoms with E-state index in [0.717, 1.165) is 11.8 Å². The van der Waals surface area contributed by atoms with Crippen LogP contribution in [0.15, 0.2) is 24.3 Å². The molecule has 21 heavy (non-hydrogen) atoms. The van der Waals surface area contributed by atoms with Crippen molar-refractivity contribution in [2.45, 2.75) is 72.3 Å². The average Bonchev–Trinajstić information content (AvgIpc) is 2.73. The number of hydrogen-bond acceptors (Lipinski definition) is 1. The van der Waals surface area contributed by atoms with Gasteiger partial charge in [0.1, 0.15) is 0 Å². The van der Waals surface area contributed by atoms with E-state index < -0.39 is 5.60 Å². The lowest BCUT2D eigenvalue weighted by Crippen LogP contribution is -2.35. The van der Waals surface area contributed by atoms with Crippen LogP contribution in [-0.2, 0) is 0 Å². The molecular weight excluding hydrogens is 256 g/mol. The van der Waals surface area contributed by atoms with Gasteiger partial charge in [0.2, 0.25) is 0 Å². The normalized spacial score (nSPS) is 36.8. The number of aliphatic hydroxyl groups is 1. The van der Waals surface area contributed by atoms with Crippen molar-refractivity contribution >= 4 is 0 Å². The molecule has 0 aromatic rings. The Morgan fingerprint density at radius 3 is 2.57 bits per heavy atom. The van der Waals surface area contributed by atoms with E-state index in [1.54, 1.807) is 0 Å². The van der Waals surface area contributed by atoms with Gasteiger partial charge in [-0.2, -0.15) is 0 Å². The largest absolute Gasteiger partial charge is 0.390 e. The van der Waals surface area contributed by atoms with E-state index in [1.807, 2.05) is 13.8 Å². The second-order valence-electron chi connectivity index (χ2n) is 8.44. The molecule has 0 aromatic heterocycles. The van der Waals surface area contributed by atoms with E-state index in [2.05, 4.69) is 39.5 Å². The van der Waals surface area contributed by atoms with Gasteiger partial charge in [-0.3, -0.25) is 0 Å². The quantitative estimate of drug-likeness (QED) is 0.691. The fourth-order valence-corrected chi connectivity index (χ4v) is 4.74. The lowest BCUT2D eigenvalue weighted by Gasteiger charge is -2.43. The van der Waals surface area contributed by atoms with Crippen molar-refractivity contribution in [3.05, 3.63) is 24.3 Å². The summed E-state index contributed by atoms with van der Waals surface area (Å²) in [4.78, 5) is 0. The van der Waals surface area contributed by atoms with Gasteiger partial charge in [0, 0.05) is 5.92 Å². The number of hydrogen-bond donors (Lipinski definition) is 1. The SMILES string of the molecule is C=C1CCC[C@@]2(C)C1CCC2[C@H](C)/C=C/[C@H](C)C(C)(C)O. The molecule has 2 saturated carbocycles. The average molecular weight is 290 g/mol. The first-order valence-corrected chi connectivity index (χ1v) is 8.74. The summed E-state index contributed by atoms with van der Waals surface area (Å²) in [7, 11) is 0. The summed E-state index contributed by atoms with van der Waals surface area (Å²) in [6, 6.07) is 0. The zero-order valence-corrected chi connectivity index (χ0v) is 14.7. The monoisotopic (exact) mass is 290 g/mol. The molecule has 0 heterocycles. The second kappa shape index (κ2) is 5.91. The lowest BCUT2D eigenvalue weighted by atomic mass is 9.61. The highest BCUT2D eigenvalue weighted by molar-refractivity contribution is 5.16. The van der Waals surface area contributed by atoms with E-state index in [-0.39, 0.29) is 5.92 Å². The Labute approximate surface area is 131 Å². The first kappa shape index (κ1) is 16.8. The maximum atomic E-state index is 10.1. The molecule has 2 aliphatic carbocycles. The van der Waals surface area contributed by atoms with E-state index in [4.69, 9.17) is 0 Å². The molecule has 0 aliphatic heterocycles. The van der Waals surface area contributed by atoms with Crippen LogP contribution in [0, 0.1) is 29.1 Å². The van der Waals surface area contributed by atoms with Crippen LogP contribution >= 0.6 is 0 Å².